The van der Waals surface area contributed by atoms with Gasteiger partial charge in [0.25, 0.3) is 0 Å². The maximum atomic E-state index is 12.6. The molecule has 2 aliphatic carbocycles. The Balaban J connectivity index is 1.42. The van der Waals surface area contributed by atoms with Gasteiger partial charge in [0.2, 0.25) is 0 Å². The standard InChI is InChI=1S/C25H34O4/c1-3-5-18-6-8-19(9-7-18)20-10-12-21(13-11-20)25(27)29-23-16-14-22(15-17-23)28-24(26)4-2/h4,14-21H,2-3,5-13H2,1H3. The summed E-state index contributed by atoms with van der Waals surface area (Å²) in [7, 11) is 0. The SMILES string of the molecule is C=CC(=O)Oc1ccc(OC(=O)C2CCC(C3CCC(CCC)CC3)CC2)cc1. The molecule has 0 amide bonds. The molecule has 0 heterocycles. The number of hydrogen-bond donors (Lipinski definition) is 0. The van der Waals surface area contributed by atoms with E-state index >= 15 is 0 Å². The molecule has 4 nitrogen and oxygen atoms in total. The van der Waals surface area contributed by atoms with E-state index in [0.29, 0.717) is 11.5 Å². The molecule has 3 rings (SSSR count). The van der Waals surface area contributed by atoms with Crippen LogP contribution in [0, 0.1) is 23.7 Å². The number of carbonyl (C=O) groups excluding carboxylic acids is 2. The lowest BCUT2D eigenvalue weighted by molar-refractivity contribution is -0.140. The molecule has 4 heteroatoms. The molecule has 0 spiro atoms. The third-order valence-corrected chi connectivity index (χ3v) is 6.79. The van der Waals surface area contributed by atoms with Gasteiger partial charge < -0.3 is 9.47 Å². The molecular weight excluding hydrogens is 364 g/mol. The summed E-state index contributed by atoms with van der Waals surface area (Å²) in [5.41, 5.74) is 0. The fraction of sp³-hybridized carbons (Fsp3) is 0.600. The Hall–Kier alpha value is -2.10. The topological polar surface area (TPSA) is 52.6 Å². The normalized spacial score (nSPS) is 27.1. The third kappa shape index (κ3) is 6.19. The second kappa shape index (κ2) is 10.6. The van der Waals surface area contributed by atoms with Crippen LogP contribution in [0.5, 0.6) is 11.5 Å². The summed E-state index contributed by atoms with van der Waals surface area (Å²) in [5.74, 6) is 2.87. The molecule has 0 aliphatic heterocycles. The van der Waals surface area contributed by atoms with Crippen molar-refractivity contribution in [1.29, 1.82) is 0 Å². The van der Waals surface area contributed by atoms with Crippen LogP contribution in [0.3, 0.4) is 0 Å². The minimum Gasteiger partial charge on any atom is -0.426 e. The second-order valence-electron chi connectivity index (χ2n) is 8.70. The lowest BCUT2D eigenvalue weighted by Gasteiger charge is -2.37. The van der Waals surface area contributed by atoms with Crippen molar-refractivity contribution >= 4 is 11.9 Å². The molecule has 0 saturated heterocycles. The van der Waals surface area contributed by atoms with Gasteiger partial charge in [0.05, 0.1) is 5.92 Å². The van der Waals surface area contributed by atoms with Gasteiger partial charge >= 0.3 is 11.9 Å². The average Bonchev–Trinajstić information content (AvgIpc) is 2.76. The molecule has 0 aromatic heterocycles. The Morgan fingerprint density at radius 3 is 1.93 bits per heavy atom. The Morgan fingerprint density at radius 1 is 0.897 bits per heavy atom. The van der Waals surface area contributed by atoms with Crippen molar-refractivity contribution in [3.63, 3.8) is 0 Å². The lowest BCUT2D eigenvalue weighted by atomic mass is 9.69. The van der Waals surface area contributed by atoms with Gasteiger partial charge in [0.1, 0.15) is 11.5 Å². The van der Waals surface area contributed by atoms with Crippen LogP contribution < -0.4 is 9.47 Å². The van der Waals surface area contributed by atoms with Crippen molar-refractivity contribution in [2.24, 2.45) is 23.7 Å². The van der Waals surface area contributed by atoms with Crippen molar-refractivity contribution in [2.75, 3.05) is 0 Å². The van der Waals surface area contributed by atoms with Crippen LogP contribution in [0.15, 0.2) is 36.9 Å². The van der Waals surface area contributed by atoms with Gasteiger partial charge in [-0.1, -0.05) is 39.2 Å². The second-order valence-corrected chi connectivity index (χ2v) is 8.70. The Labute approximate surface area is 174 Å². The molecule has 0 radical (unpaired) electrons. The summed E-state index contributed by atoms with van der Waals surface area (Å²) in [4.78, 5) is 23.8. The van der Waals surface area contributed by atoms with Crippen LogP contribution in [0.2, 0.25) is 0 Å². The van der Waals surface area contributed by atoms with Crippen LogP contribution in [0.4, 0.5) is 0 Å². The molecule has 0 bridgehead atoms. The Morgan fingerprint density at radius 2 is 1.41 bits per heavy atom. The fourth-order valence-corrected chi connectivity index (χ4v) is 5.12. The van der Waals surface area contributed by atoms with Gasteiger partial charge in [-0.05, 0) is 80.5 Å². The van der Waals surface area contributed by atoms with E-state index in [4.69, 9.17) is 9.47 Å². The van der Waals surface area contributed by atoms with Crippen molar-refractivity contribution in [1.82, 2.24) is 0 Å². The van der Waals surface area contributed by atoms with Crippen molar-refractivity contribution < 1.29 is 19.1 Å². The first kappa shape index (κ1) is 21.6. The number of esters is 2. The highest BCUT2D eigenvalue weighted by molar-refractivity contribution is 5.83. The van der Waals surface area contributed by atoms with E-state index in [2.05, 4.69) is 13.5 Å². The van der Waals surface area contributed by atoms with E-state index in [9.17, 15) is 9.59 Å². The number of benzene rings is 1. The van der Waals surface area contributed by atoms with Gasteiger partial charge in [-0.2, -0.15) is 0 Å². The minimum absolute atomic E-state index is 0.000880. The summed E-state index contributed by atoms with van der Waals surface area (Å²) >= 11 is 0. The molecule has 1 aromatic rings. The first-order valence-corrected chi connectivity index (χ1v) is 11.2. The van der Waals surface area contributed by atoms with E-state index in [0.717, 1.165) is 49.5 Å². The summed E-state index contributed by atoms with van der Waals surface area (Å²) in [5, 5.41) is 0. The molecule has 2 aliphatic rings. The molecule has 29 heavy (non-hydrogen) atoms. The minimum atomic E-state index is -0.509. The average molecular weight is 399 g/mol. The number of carbonyl (C=O) groups is 2. The molecule has 0 unspecified atom stereocenters. The predicted octanol–water partition coefficient (Wildman–Crippen LogP) is 6.10. The first-order valence-electron chi connectivity index (χ1n) is 11.2. The largest absolute Gasteiger partial charge is 0.426 e. The molecule has 0 N–H and O–H groups in total. The number of rotatable bonds is 7. The quantitative estimate of drug-likeness (QED) is 0.316. The van der Waals surface area contributed by atoms with Crippen LogP contribution >= 0.6 is 0 Å². The highest BCUT2D eigenvalue weighted by Gasteiger charge is 2.33. The van der Waals surface area contributed by atoms with Gasteiger partial charge in [-0.15, -0.1) is 0 Å². The zero-order valence-electron chi connectivity index (χ0n) is 17.6. The molecule has 2 saturated carbocycles. The van der Waals surface area contributed by atoms with Crippen LogP contribution in [0.25, 0.3) is 0 Å². The van der Waals surface area contributed by atoms with Crippen LogP contribution in [-0.2, 0) is 9.59 Å². The molecule has 1 aromatic carbocycles. The smallest absolute Gasteiger partial charge is 0.335 e. The van der Waals surface area contributed by atoms with E-state index in [1.807, 2.05) is 0 Å². The van der Waals surface area contributed by atoms with Crippen LogP contribution in [-0.4, -0.2) is 11.9 Å². The molecule has 2 fully saturated rings. The monoisotopic (exact) mass is 398 g/mol. The summed E-state index contributed by atoms with van der Waals surface area (Å²) in [6.07, 6.45) is 13.6. The number of ether oxygens (including phenoxy) is 2. The van der Waals surface area contributed by atoms with Crippen molar-refractivity contribution in [2.45, 2.75) is 71.1 Å². The summed E-state index contributed by atoms with van der Waals surface area (Å²) in [6.45, 7) is 5.66. The van der Waals surface area contributed by atoms with E-state index < -0.39 is 5.97 Å². The van der Waals surface area contributed by atoms with Gasteiger partial charge in [0.15, 0.2) is 0 Å². The highest BCUT2D eigenvalue weighted by Crippen LogP contribution is 2.42. The first-order chi connectivity index (χ1) is 14.1. The predicted molar refractivity (Wildman–Crippen MR) is 114 cm³/mol. The van der Waals surface area contributed by atoms with Gasteiger partial charge in [0, 0.05) is 6.08 Å². The molecule has 158 valence electrons. The Kier molecular flexibility index (Phi) is 7.91. The maximum Gasteiger partial charge on any atom is 0.335 e. The van der Waals surface area contributed by atoms with Crippen LogP contribution in [0.1, 0.15) is 71.1 Å². The van der Waals surface area contributed by atoms with Gasteiger partial charge in [-0.25, -0.2) is 4.79 Å². The lowest BCUT2D eigenvalue weighted by Crippen LogP contribution is -2.30. The fourth-order valence-electron chi connectivity index (χ4n) is 5.12. The summed E-state index contributed by atoms with van der Waals surface area (Å²) in [6, 6.07) is 6.56. The zero-order chi connectivity index (χ0) is 20.6. The van der Waals surface area contributed by atoms with Crippen molar-refractivity contribution in [3.8, 4) is 11.5 Å². The Bertz CT molecular complexity index is 677. The van der Waals surface area contributed by atoms with Crippen molar-refractivity contribution in [3.05, 3.63) is 36.9 Å². The van der Waals surface area contributed by atoms with Gasteiger partial charge in [-0.3, -0.25) is 4.79 Å². The zero-order valence-corrected chi connectivity index (χ0v) is 17.6. The van der Waals surface area contributed by atoms with E-state index in [1.54, 1.807) is 24.3 Å². The molecular formula is C25H34O4. The third-order valence-electron chi connectivity index (χ3n) is 6.79. The number of hydrogen-bond acceptors (Lipinski definition) is 4. The van der Waals surface area contributed by atoms with E-state index in [-0.39, 0.29) is 11.9 Å². The molecule has 0 atom stereocenters. The van der Waals surface area contributed by atoms with E-state index in [1.165, 1.54) is 38.5 Å². The maximum absolute atomic E-state index is 12.6. The summed E-state index contributed by atoms with van der Waals surface area (Å²) < 4.78 is 10.6. The highest BCUT2D eigenvalue weighted by atomic mass is 16.5.